The van der Waals surface area contributed by atoms with Gasteiger partial charge in [0.05, 0.1) is 22.3 Å². The van der Waals surface area contributed by atoms with Crippen molar-refractivity contribution in [1.29, 1.82) is 0 Å². The Morgan fingerprint density at radius 2 is 1.86 bits per heavy atom. The van der Waals surface area contributed by atoms with Crippen molar-refractivity contribution in [3.8, 4) is 16.9 Å². The van der Waals surface area contributed by atoms with Gasteiger partial charge in [0.2, 0.25) is 0 Å². The number of hydrogen-bond acceptors (Lipinski definition) is 4. The van der Waals surface area contributed by atoms with Gasteiger partial charge in [-0.05, 0) is 42.9 Å². The van der Waals surface area contributed by atoms with Crippen molar-refractivity contribution >= 4 is 29.2 Å². The molecule has 2 aromatic heterocycles. The molecule has 4 aromatic rings. The zero-order valence-corrected chi connectivity index (χ0v) is 15.7. The van der Waals surface area contributed by atoms with E-state index in [0.717, 1.165) is 11.1 Å². The average molecular weight is 389 g/mol. The van der Waals surface area contributed by atoms with Crippen LogP contribution in [0, 0.1) is 11.7 Å². The van der Waals surface area contributed by atoms with Gasteiger partial charge in [-0.1, -0.05) is 42.5 Å². The van der Waals surface area contributed by atoms with Crippen LogP contribution in [-0.2, 0) is 0 Å². The molecule has 0 aliphatic heterocycles. The average Bonchev–Trinajstić information content (AvgIpc) is 2.67. The van der Waals surface area contributed by atoms with Gasteiger partial charge in [-0.25, -0.2) is 9.78 Å². The number of rotatable bonds is 3. The summed E-state index contributed by atoms with van der Waals surface area (Å²) in [6, 6.07) is 18.1. The summed E-state index contributed by atoms with van der Waals surface area (Å²) < 4.78 is 1.75. The minimum absolute atomic E-state index is 0.0118. The van der Waals surface area contributed by atoms with Crippen molar-refractivity contribution in [2.75, 3.05) is 0 Å². The second-order valence-electron chi connectivity index (χ2n) is 6.36. The lowest BCUT2D eigenvalue weighted by atomic mass is 10.1. The lowest BCUT2D eigenvalue weighted by Gasteiger charge is -2.14. The number of aromatic carboxylic acids is 1. The van der Waals surface area contributed by atoms with E-state index in [1.165, 1.54) is 6.07 Å². The number of nitrogens with zero attached hydrogens (tertiary/aromatic N) is 2. The molecule has 0 spiro atoms. The van der Waals surface area contributed by atoms with Crippen LogP contribution >= 0.6 is 12.2 Å². The van der Waals surface area contributed by atoms with Gasteiger partial charge >= 0.3 is 5.97 Å². The lowest BCUT2D eigenvalue weighted by molar-refractivity contribution is 0.0699. The zero-order valence-electron chi connectivity index (χ0n) is 14.8. The molecule has 0 aliphatic rings. The standard InChI is InChI=1S/C21H15N3O3S/c1-12-6-5-9-14(10-12)24-18-17(19(25)23-21(24)28)15(20(26)27)11-16(22-18)13-7-3-2-4-8-13/h2-11H,1H3,(H,26,27)(H,23,25,28). The number of fused-ring (bicyclic) bond motifs is 1. The number of benzene rings is 2. The Hall–Kier alpha value is -3.58. The summed E-state index contributed by atoms with van der Waals surface area (Å²) in [6.07, 6.45) is 0. The number of aryl methyl sites for hydroxylation is 1. The molecule has 0 saturated carbocycles. The maximum atomic E-state index is 12.6. The number of nitrogens with one attached hydrogen (secondary N) is 1. The fourth-order valence-corrected chi connectivity index (χ4v) is 3.45. The van der Waals surface area contributed by atoms with Crippen molar-refractivity contribution in [3.05, 3.63) is 86.9 Å². The topological polar surface area (TPSA) is 88.0 Å². The minimum atomic E-state index is -1.21. The normalized spacial score (nSPS) is 10.9. The third-order valence-electron chi connectivity index (χ3n) is 4.42. The maximum absolute atomic E-state index is 12.6. The molecular formula is C21H15N3O3S. The largest absolute Gasteiger partial charge is 0.478 e. The fraction of sp³-hybridized carbons (Fsp3) is 0.0476. The Morgan fingerprint density at radius 1 is 1.11 bits per heavy atom. The van der Waals surface area contributed by atoms with Gasteiger partial charge < -0.3 is 5.11 Å². The van der Waals surface area contributed by atoms with Crippen LogP contribution in [0.4, 0.5) is 0 Å². The molecule has 0 unspecified atom stereocenters. The summed E-state index contributed by atoms with van der Waals surface area (Å²) in [5, 5.41) is 9.73. The second kappa shape index (κ2) is 6.86. The van der Waals surface area contributed by atoms with E-state index in [-0.39, 0.29) is 21.4 Å². The van der Waals surface area contributed by atoms with E-state index in [0.29, 0.717) is 11.4 Å². The number of carbonyl (C=O) groups is 1. The molecule has 7 heteroatoms. The fourth-order valence-electron chi connectivity index (χ4n) is 3.16. The van der Waals surface area contributed by atoms with E-state index in [2.05, 4.69) is 9.97 Å². The molecule has 2 N–H and O–H groups in total. The number of hydrogen-bond donors (Lipinski definition) is 2. The van der Waals surface area contributed by atoms with Crippen LogP contribution < -0.4 is 5.56 Å². The smallest absolute Gasteiger partial charge is 0.336 e. The predicted molar refractivity (Wildman–Crippen MR) is 110 cm³/mol. The lowest BCUT2D eigenvalue weighted by Crippen LogP contribution is -2.18. The zero-order chi connectivity index (χ0) is 19.8. The van der Waals surface area contributed by atoms with Gasteiger partial charge in [-0.2, -0.15) is 0 Å². The molecule has 138 valence electrons. The Bertz CT molecular complexity index is 1340. The Kier molecular flexibility index (Phi) is 4.37. The first-order chi connectivity index (χ1) is 13.5. The van der Waals surface area contributed by atoms with Crippen molar-refractivity contribution < 1.29 is 9.90 Å². The molecule has 6 nitrogen and oxygen atoms in total. The van der Waals surface area contributed by atoms with Gasteiger partial charge in [0.25, 0.3) is 5.56 Å². The molecule has 28 heavy (non-hydrogen) atoms. The summed E-state index contributed by atoms with van der Waals surface area (Å²) in [6.45, 7) is 1.94. The van der Waals surface area contributed by atoms with E-state index in [1.807, 2.05) is 61.5 Å². The monoisotopic (exact) mass is 389 g/mol. The summed E-state index contributed by atoms with van der Waals surface area (Å²) in [4.78, 5) is 31.7. The van der Waals surface area contributed by atoms with Crippen LogP contribution in [0.5, 0.6) is 0 Å². The number of aromatic nitrogens is 3. The van der Waals surface area contributed by atoms with Crippen molar-refractivity contribution in [1.82, 2.24) is 14.5 Å². The number of aromatic amines is 1. The third-order valence-corrected chi connectivity index (χ3v) is 4.71. The van der Waals surface area contributed by atoms with Crippen LogP contribution in [0.3, 0.4) is 0 Å². The van der Waals surface area contributed by atoms with Crippen LogP contribution in [-0.4, -0.2) is 25.6 Å². The van der Waals surface area contributed by atoms with Crippen LogP contribution in [0.2, 0.25) is 0 Å². The molecule has 4 rings (SSSR count). The van der Waals surface area contributed by atoms with Crippen LogP contribution in [0.15, 0.2) is 65.5 Å². The molecule has 2 heterocycles. The predicted octanol–water partition coefficient (Wildman–Crippen LogP) is 4.12. The van der Waals surface area contributed by atoms with Crippen LogP contribution in [0.1, 0.15) is 15.9 Å². The van der Waals surface area contributed by atoms with E-state index in [4.69, 9.17) is 12.2 Å². The summed E-state index contributed by atoms with van der Waals surface area (Å²) in [7, 11) is 0. The molecule has 0 bridgehead atoms. The first kappa shape index (κ1) is 17.8. The van der Waals surface area contributed by atoms with Gasteiger partial charge in [-0.15, -0.1) is 0 Å². The molecule has 2 aromatic carbocycles. The van der Waals surface area contributed by atoms with Crippen molar-refractivity contribution in [2.45, 2.75) is 6.92 Å². The third kappa shape index (κ3) is 3.01. The van der Waals surface area contributed by atoms with E-state index in [9.17, 15) is 14.7 Å². The number of H-pyrrole nitrogens is 1. The highest BCUT2D eigenvalue weighted by molar-refractivity contribution is 7.71. The molecule has 0 saturated heterocycles. The highest BCUT2D eigenvalue weighted by atomic mass is 32.1. The van der Waals surface area contributed by atoms with Crippen molar-refractivity contribution in [2.24, 2.45) is 0 Å². The molecular weight excluding hydrogens is 374 g/mol. The van der Waals surface area contributed by atoms with Gasteiger partial charge in [0.15, 0.2) is 10.4 Å². The first-order valence-electron chi connectivity index (χ1n) is 8.51. The highest BCUT2D eigenvalue weighted by Gasteiger charge is 2.19. The molecule has 0 aliphatic carbocycles. The highest BCUT2D eigenvalue weighted by Crippen LogP contribution is 2.25. The molecule has 0 atom stereocenters. The SMILES string of the molecule is Cc1cccc(-n2c(=S)[nH]c(=O)c3c(C(=O)O)cc(-c4ccccc4)nc32)c1. The Labute approximate surface area is 164 Å². The summed E-state index contributed by atoms with van der Waals surface area (Å²) in [5.74, 6) is -1.21. The van der Waals surface area contributed by atoms with Crippen LogP contribution in [0.25, 0.3) is 28.0 Å². The van der Waals surface area contributed by atoms with Gasteiger partial charge in [0, 0.05) is 5.56 Å². The Morgan fingerprint density at radius 3 is 2.54 bits per heavy atom. The number of carboxylic acid groups (broad SMARTS) is 1. The van der Waals surface area contributed by atoms with E-state index in [1.54, 1.807) is 4.57 Å². The quantitative estimate of drug-likeness (QED) is 0.515. The number of pyridine rings is 1. The summed E-state index contributed by atoms with van der Waals surface area (Å²) >= 11 is 5.38. The number of carboxylic acids is 1. The molecule has 0 radical (unpaired) electrons. The maximum Gasteiger partial charge on any atom is 0.336 e. The Balaban J connectivity index is 2.19. The summed E-state index contributed by atoms with van der Waals surface area (Å²) in [5.41, 5.74) is 2.39. The van der Waals surface area contributed by atoms with E-state index < -0.39 is 11.5 Å². The molecule has 0 amide bonds. The van der Waals surface area contributed by atoms with Gasteiger partial charge in [-0.3, -0.25) is 14.3 Å². The molecule has 0 fully saturated rings. The van der Waals surface area contributed by atoms with Gasteiger partial charge in [0.1, 0.15) is 0 Å². The van der Waals surface area contributed by atoms with E-state index >= 15 is 0 Å². The second-order valence-corrected chi connectivity index (χ2v) is 6.75. The first-order valence-corrected chi connectivity index (χ1v) is 8.92. The van der Waals surface area contributed by atoms with Crippen molar-refractivity contribution in [3.63, 3.8) is 0 Å². The minimum Gasteiger partial charge on any atom is -0.478 e.